The van der Waals surface area contributed by atoms with E-state index < -0.39 is 22.7 Å². The summed E-state index contributed by atoms with van der Waals surface area (Å²) in [5.74, 6) is -1.87. The van der Waals surface area contributed by atoms with Crippen LogP contribution in [0.5, 0.6) is 0 Å². The largest absolute Gasteiger partial charge is 0.507 e. The van der Waals surface area contributed by atoms with Gasteiger partial charge in [-0.3, -0.25) is 19.7 Å². The Morgan fingerprint density at radius 3 is 2.50 bits per heavy atom. The minimum absolute atomic E-state index is 0.0493. The Labute approximate surface area is 193 Å². The van der Waals surface area contributed by atoms with Crippen molar-refractivity contribution >= 4 is 39.1 Å². The first kappa shape index (κ1) is 23.6. The molecule has 3 rings (SSSR count). The van der Waals surface area contributed by atoms with Crippen molar-refractivity contribution in [3.05, 3.63) is 79.8 Å². The Morgan fingerprint density at radius 1 is 1.22 bits per heavy atom. The Kier molecular flexibility index (Phi) is 7.42. The second-order valence-corrected chi connectivity index (χ2v) is 8.54. The number of nitro benzene ring substituents is 1. The molecule has 0 spiro atoms. The highest BCUT2D eigenvalue weighted by molar-refractivity contribution is 9.10. The monoisotopic (exact) mass is 502 g/mol. The Hall–Kier alpha value is -3.04. The van der Waals surface area contributed by atoms with Crippen molar-refractivity contribution in [2.75, 3.05) is 13.2 Å². The molecule has 2 aromatic rings. The van der Waals surface area contributed by atoms with E-state index in [0.29, 0.717) is 18.6 Å². The van der Waals surface area contributed by atoms with Crippen LogP contribution >= 0.6 is 15.9 Å². The van der Waals surface area contributed by atoms with Gasteiger partial charge in [-0.25, -0.2) is 0 Å². The smallest absolute Gasteiger partial charge is 0.295 e. The Bertz CT molecular complexity index is 1060. The van der Waals surface area contributed by atoms with Crippen LogP contribution in [0.15, 0.2) is 58.6 Å². The molecule has 32 heavy (non-hydrogen) atoms. The number of non-ortho nitro benzene ring substituents is 1. The normalized spacial score (nSPS) is 17.9. The SMILES string of the molecule is CC(C)OCCCN1C(=O)C(=O)C(=C(O)c2ccc([N+](=O)[O-])cc2)[C@H]1c1cccc(Br)c1. The van der Waals surface area contributed by atoms with Gasteiger partial charge in [-0.15, -0.1) is 0 Å². The first-order valence-electron chi connectivity index (χ1n) is 10.1. The molecule has 0 unspecified atom stereocenters. The number of aliphatic hydroxyl groups is 1. The van der Waals surface area contributed by atoms with Gasteiger partial charge in [0.2, 0.25) is 0 Å². The molecule has 1 heterocycles. The number of carbonyl (C=O) groups excluding carboxylic acids is 2. The maximum Gasteiger partial charge on any atom is 0.295 e. The molecule has 0 bridgehead atoms. The summed E-state index contributed by atoms with van der Waals surface area (Å²) in [6.07, 6.45) is 0.571. The van der Waals surface area contributed by atoms with Crippen LogP contribution < -0.4 is 0 Å². The van der Waals surface area contributed by atoms with Gasteiger partial charge in [-0.05, 0) is 50.1 Å². The fourth-order valence-corrected chi connectivity index (χ4v) is 4.00. The number of benzene rings is 2. The summed E-state index contributed by atoms with van der Waals surface area (Å²) in [4.78, 5) is 37.6. The van der Waals surface area contributed by atoms with Crippen molar-refractivity contribution in [1.29, 1.82) is 0 Å². The summed E-state index contributed by atoms with van der Waals surface area (Å²) in [7, 11) is 0. The lowest BCUT2D eigenvalue weighted by Crippen LogP contribution is -2.31. The predicted molar refractivity (Wildman–Crippen MR) is 122 cm³/mol. The fourth-order valence-electron chi connectivity index (χ4n) is 3.58. The molecule has 1 aliphatic heterocycles. The highest BCUT2D eigenvalue weighted by atomic mass is 79.9. The van der Waals surface area contributed by atoms with E-state index in [9.17, 15) is 24.8 Å². The number of Topliss-reactive ketones (excluding diaryl/α,β-unsaturated/α-hetero) is 1. The summed E-state index contributed by atoms with van der Waals surface area (Å²) < 4.78 is 6.31. The molecule has 2 aromatic carbocycles. The first-order valence-corrected chi connectivity index (χ1v) is 10.9. The fraction of sp³-hybridized carbons (Fsp3) is 0.304. The molecular weight excluding hydrogens is 480 g/mol. The minimum atomic E-state index is -0.796. The van der Waals surface area contributed by atoms with Gasteiger partial charge < -0.3 is 14.7 Å². The van der Waals surface area contributed by atoms with Gasteiger partial charge in [0, 0.05) is 35.3 Å². The quantitative estimate of drug-likeness (QED) is 0.141. The van der Waals surface area contributed by atoms with E-state index in [1.807, 2.05) is 19.9 Å². The van der Waals surface area contributed by atoms with E-state index in [0.717, 1.165) is 4.47 Å². The van der Waals surface area contributed by atoms with Crippen molar-refractivity contribution in [2.45, 2.75) is 32.4 Å². The lowest BCUT2D eigenvalue weighted by atomic mass is 9.95. The van der Waals surface area contributed by atoms with Crippen LogP contribution in [0.1, 0.15) is 37.4 Å². The molecule has 1 N–H and O–H groups in total. The van der Waals surface area contributed by atoms with Gasteiger partial charge in [0.1, 0.15) is 5.76 Å². The van der Waals surface area contributed by atoms with Gasteiger partial charge in [0.15, 0.2) is 0 Å². The topological polar surface area (TPSA) is 110 Å². The average molecular weight is 503 g/mol. The third-order valence-corrected chi connectivity index (χ3v) is 5.54. The third kappa shape index (κ3) is 5.05. The van der Waals surface area contributed by atoms with Crippen LogP contribution in [0.2, 0.25) is 0 Å². The van der Waals surface area contributed by atoms with Gasteiger partial charge in [-0.2, -0.15) is 0 Å². The number of ether oxygens (including phenoxy) is 1. The molecule has 0 radical (unpaired) electrons. The second-order valence-electron chi connectivity index (χ2n) is 7.62. The van der Waals surface area contributed by atoms with Gasteiger partial charge in [-0.1, -0.05) is 28.1 Å². The number of likely N-dealkylation sites (tertiary alicyclic amines) is 1. The van der Waals surface area contributed by atoms with E-state index in [2.05, 4.69) is 15.9 Å². The van der Waals surface area contributed by atoms with E-state index >= 15 is 0 Å². The minimum Gasteiger partial charge on any atom is -0.507 e. The number of aliphatic hydroxyl groups excluding tert-OH is 1. The zero-order valence-corrected chi connectivity index (χ0v) is 19.2. The number of nitrogens with zero attached hydrogens (tertiary/aromatic N) is 2. The van der Waals surface area contributed by atoms with Crippen LogP contribution in [0.25, 0.3) is 5.76 Å². The van der Waals surface area contributed by atoms with Crippen LogP contribution in [0, 0.1) is 10.1 Å². The lowest BCUT2D eigenvalue weighted by molar-refractivity contribution is -0.384. The predicted octanol–water partition coefficient (Wildman–Crippen LogP) is 4.59. The third-order valence-electron chi connectivity index (χ3n) is 5.05. The zero-order valence-electron chi connectivity index (χ0n) is 17.7. The molecule has 1 saturated heterocycles. The number of halogens is 1. The summed E-state index contributed by atoms with van der Waals surface area (Å²) in [6.45, 7) is 4.52. The molecule has 1 aliphatic rings. The number of amides is 1. The molecule has 168 valence electrons. The van der Waals surface area contributed by atoms with Crippen LogP contribution in [-0.2, 0) is 14.3 Å². The van der Waals surface area contributed by atoms with Crippen LogP contribution in [0.4, 0.5) is 5.69 Å². The Morgan fingerprint density at radius 2 is 1.91 bits per heavy atom. The van der Waals surface area contributed by atoms with E-state index in [1.54, 1.807) is 18.2 Å². The highest BCUT2D eigenvalue weighted by Crippen LogP contribution is 2.40. The van der Waals surface area contributed by atoms with Gasteiger partial charge >= 0.3 is 0 Å². The molecule has 8 nitrogen and oxygen atoms in total. The van der Waals surface area contributed by atoms with Crippen LogP contribution in [-0.4, -0.2) is 45.9 Å². The number of nitro groups is 1. The van der Waals surface area contributed by atoms with Gasteiger partial charge in [0.05, 0.1) is 22.6 Å². The number of hydrogen-bond donors (Lipinski definition) is 1. The number of ketones is 1. The molecule has 1 fully saturated rings. The molecule has 0 aliphatic carbocycles. The molecule has 0 aromatic heterocycles. The van der Waals surface area contributed by atoms with Crippen molar-refractivity contribution in [2.24, 2.45) is 0 Å². The maximum absolute atomic E-state index is 13.0. The van der Waals surface area contributed by atoms with Gasteiger partial charge in [0.25, 0.3) is 17.4 Å². The van der Waals surface area contributed by atoms with Crippen molar-refractivity contribution < 1.29 is 24.4 Å². The average Bonchev–Trinajstić information content (AvgIpc) is 3.01. The summed E-state index contributed by atoms with van der Waals surface area (Å²) in [5.41, 5.74) is 0.686. The molecule has 9 heteroatoms. The molecular formula is C23H23BrN2O6. The number of carbonyl (C=O) groups is 2. The van der Waals surface area contributed by atoms with E-state index in [4.69, 9.17) is 4.74 Å². The summed E-state index contributed by atoms with van der Waals surface area (Å²) >= 11 is 3.41. The van der Waals surface area contributed by atoms with E-state index in [1.165, 1.54) is 29.2 Å². The lowest BCUT2D eigenvalue weighted by Gasteiger charge is -2.25. The Balaban J connectivity index is 2.03. The van der Waals surface area contributed by atoms with Crippen LogP contribution in [0.3, 0.4) is 0 Å². The molecule has 0 saturated carbocycles. The van der Waals surface area contributed by atoms with Crippen molar-refractivity contribution in [1.82, 2.24) is 4.90 Å². The number of hydrogen-bond acceptors (Lipinski definition) is 6. The summed E-state index contributed by atoms with van der Waals surface area (Å²) in [5, 5.41) is 21.9. The van der Waals surface area contributed by atoms with E-state index in [-0.39, 0.29) is 35.2 Å². The standard InChI is InChI=1S/C23H23BrN2O6/c1-14(2)32-12-4-11-25-20(16-5-3-6-17(24)13-16)19(22(28)23(25)29)21(27)15-7-9-18(10-8-15)26(30)31/h3,5-10,13-14,20,27H,4,11-12H2,1-2H3/t20-/m1/s1. The number of rotatable bonds is 8. The van der Waals surface area contributed by atoms with Crippen molar-refractivity contribution in [3.63, 3.8) is 0 Å². The first-order chi connectivity index (χ1) is 15.2. The molecule has 1 atom stereocenters. The summed E-state index contributed by atoms with van der Waals surface area (Å²) in [6, 6.07) is 11.6. The maximum atomic E-state index is 13.0. The zero-order chi connectivity index (χ0) is 23.4. The molecule has 1 amide bonds. The highest BCUT2D eigenvalue weighted by Gasteiger charge is 2.45. The van der Waals surface area contributed by atoms with Crippen molar-refractivity contribution in [3.8, 4) is 0 Å². The second kappa shape index (κ2) is 10.1.